The van der Waals surface area contributed by atoms with Crippen molar-refractivity contribution in [2.45, 2.75) is 0 Å². The third kappa shape index (κ3) is 2.50. The summed E-state index contributed by atoms with van der Waals surface area (Å²) in [6.07, 6.45) is 0. The average Bonchev–Trinajstić information content (AvgIpc) is 3.03. The number of pyridine rings is 1. The molecule has 2 aromatic heterocycles. The molecule has 0 unspecified atom stereocenters. The van der Waals surface area contributed by atoms with Gasteiger partial charge in [0.05, 0.1) is 16.8 Å². The first-order chi connectivity index (χ1) is 13.2. The number of hydrogen-bond acceptors (Lipinski definition) is 3. The van der Waals surface area contributed by atoms with E-state index < -0.39 is 0 Å². The van der Waals surface area contributed by atoms with Gasteiger partial charge >= 0.3 is 0 Å². The monoisotopic (exact) mass is 352 g/mol. The molecule has 0 aliphatic rings. The van der Waals surface area contributed by atoms with Gasteiger partial charge in [0, 0.05) is 21.9 Å². The summed E-state index contributed by atoms with van der Waals surface area (Å²) in [6, 6.07) is 24.8. The second kappa shape index (κ2) is 5.88. The lowest BCUT2D eigenvalue weighted by Gasteiger charge is -2.06. The lowest BCUT2D eigenvalue weighted by Crippen LogP contribution is -1.85. The maximum absolute atomic E-state index is 10.5. The van der Waals surface area contributed by atoms with Crippen molar-refractivity contribution in [1.82, 2.24) is 9.97 Å². The van der Waals surface area contributed by atoms with E-state index >= 15 is 0 Å². The number of nitrogens with one attached hydrogen (secondary N) is 1. The number of aromatic nitrogens is 2. The van der Waals surface area contributed by atoms with Gasteiger partial charge in [-0.05, 0) is 35.9 Å². The van der Waals surface area contributed by atoms with Crippen LogP contribution < -0.4 is 0 Å². The Morgan fingerprint density at radius 3 is 2.48 bits per heavy atom. The van der Waals surface area contributed by atoms with Gasteiger partial charge in [-0.2, -0.15) is 0 Å². The minimum absolute atomic E-state index is 0.0854. The van der Waals surface area contributed by atoms with E-state index in [1.807, 2.05) is 66.7 Å². The van der Waals surface area contributed by atoms with Crippen LogP contribution in [0.3, 0.4) is 0 Å². The first kappa shape index (κ1) is 15.5. The van der Waals surface area contributed by atoms with Crippen molar-refractivity contribution in [3.05, 3.63) is 78.9 Å². The molecule has 0 fully saturated rings. The minimum Gasteiger partial charge on any atom is -0.507 e. The summed E-state index contributed by atoms with van der Waals surface area (Å²) in [5.74, 6) is 0.309. The number of aromatic hydroxyl groups is 2. The predicted molar refractivity (Wildman–Crippen MR) is 108 cm³/mol. The predicted octanol–water partition coefficient (Wildman–Crippen LogP) is 5.46. The quantitative estimate of drug-likeness (QED) is 0.395. The number of H-pyrrole nitrogens is 1. The van der Waals surface area contributed by atoms with Gasteiger partial charge in [0.1, 0.15) is 5.75 Å². The van der Waals surface area contributed by atoms with E-state index in [9.17, 15) is 10.2 Å². The molecule has 3 N–H and O–H groups in total. The van der Waals surface area contributed by atoms with Crippen molar-refractivity contribution >= 4 is 21.8 Å². The van der Waals surface area contributed by atoms with Crippen LogP contribution in [0.4, 0.5) is 0 Å². The Hall–Kier alpha value is -3.79. The summed E-state index contributed by atoms with van der Waals surface area (Å²) in [6.45, 7) is 0. The second-order valence-electron chi connectivity index (χ2n) is 6.52. The Kier molecular flexibility index (Phi) is 3.37. The number of phenolic OH excluding ortho intramolecular Hbond substituents is 1. The fraction of sp³-hybridized carbons (Fsp3) is 0. The molecule has 3 aromatic carbocycles. The van der Waals surface area contributed by atoms with E-state index in [-0.39, 0.29) is 11.6 Å². The number of rotatable bonds is 2. The zero-order chi connectivity index (χ0) is 18.4. The molecule has 2 heterocycles. The largest absolute Gasteiger partial charge is 0.507 e. The number of aromatic amines is 1. The molecule has 130 valence electrons. The molecule has 0 aliphatic heterocycles. The minimum atomic E-state index is 0.0854. The molecule has 5 rings (SSSR count). The summed E-state index contributed by atoms with van der Waals surface area (Å²) in [5, 5.41) is 22.6. The number of phenols is 1. The Morgan fingerprint density at radius 2 is 1.59 bits per heavy atom. The summed E-state index contributed by atoms with van der Waals surface area (Å²) in [4.78, 5) is 7.74. The molecule has 0 amide bonds. The van der Waals surface area contributed by atoms with Crippen molar-refractivity contribution in [2.75, 3.05) is 0 Å². The standard InChI is InChI=1S/C23H16N2O2/c26-21-8-4-2-6-16(21)15-10-11-19-17(13-15)22(23(27)25-19)20-12-9-14-5-1-3-7-18(14)24-20/h1-13,25-27H. The average molecular weight is 352 g/mol. The molecule has 0 aliphatic carbocycles. The lowest BCUT2D eigenvalue weighted by atomic mass is 10.0. The molecule has 0 radical (unpaired) electrons. The molecule has 0 atom stereocenters. The molecule has 0 saturated heterocycles. The number of benzene rings is 3. The van der Waals surface area contributed by atoms with Crippen LogP contribution in [-0.4, -0.2) is 20.2 Å². The molecule has 0 bridgehead atoms. The smallest absolute Gasteiger partial charge is 0.199 e. The van der Waals surface area contributed by atoms with Gasteiger partial charge in [-0.25, -0.2) is 4.98 Å². The van der Waals surface area contributed by atoms with Crippen molar-refractivity contribution in [2.24, 2.45) is 0 Å². The lowest BCUT2D eigenvalue weighted by molar-refractivity contribution is 0.460. The van der Waals surface area contributed by atoms with Crippen LogP contribution in [0.15, 0.2) is 78.9 Å². The van der Waals surface area contributed by atoms with Crippen LogP contribution in [0.25, 0.3) is 44.2 Å². The highest BCUT2D eigenvalue weighted by atomic mass is 16.3. The summed E-state index contributed by atoms with van der Waals surface area (Å²) in [7, 11) is 0. The van der Waals surface area contributed by atoms with E-state index in [0.29, 0.717) is 11.3 Å². The number of nitrogens with zero attached hydrogens (tertiary/aromatic N) is 1. The topological polar surface area (TPSA) is 69.1 Å². The highest BCUT2D eigenvalue weighted by molar-refractivity contribution is 6.01. The Bertz CT molecular complexity index is 1300. The molecule has 4 nitrogen and oxygen atoms in total. The van der Waals surface area contributed by atoms with Gasteiger partial charge in [0.25, 0.3) is 0 Å². The van der Waals surface area contributed by atoms with E-state index in [0.717, 1.165) is 32.9 Å². The maximum atomic E-state index is 10.5. The third-order valence-corrected chi connectivity index (χ3v) is 4.85. The summed E-state index contributed by atoms with van der Waals surface area (Å²) >= 11 is 0. The van der Waals surface area contributed by atoms with Gasteiger partial charge in [0.2, 0.25) is 0 Å². The van der Waals surface area contributed by atoms with E-state index in [2.05, 4.69) is 4.98 Å². The zero-order valence-corrected chi connectivity index (χ0v) is 14.3. The zero-order valence-electron chi connectivity index (χ0n) is 14.3. The highest BCUT2D eigenvalue weighted by Gasteiger charge is 2.16. The van der Waals surface area contributed by atoms with E-state index in [1.165, 1.54) is 0 Å². The van der Waals surface area contributed by atoms with Crippen LogP contribution in [0.1, 0.15) is 0 Å². The van der Waals surface area contributed by atoms with Crippen molar-refractivity contribution in [1.29, 1.82) is 0 Å². The highest BCUT2D eigenvalue weighted by Crippen LogP contribution is 2.39. The number of para-hydroxylation sites is 2. The third-order valence-electron chi connectivity index (χ3n) is 4.85. The van der Waals surface area contributed by atoms with Gasteiger partial charge in [-0.3, -0.25) is 0 Å². The molecule has 4 heteroatoms. The summed E-state index contributed by atoms with van der Waals surface area (Å²) < 4.78 is 0. The Labute approximate surface area is 155 Å². The fourth-order valence-corrected chi connectivity index (χ4v) is 3.53. The van der Waals surface area contributed by atoms with Crippen molar-refractivity contribution in [3.63, 3.8) is 0 Å². The normalized spacial score (nSPS) is 11.3. The van der Waals surface area contributed by atoms with E-state index in [4.69, 9.17) is 4.98 Å². The molecular weight excluding hydrogens is 336 g/mol. The van der Waals surface area contributed by atoms with Crippen molar-refractivity contribution in [3.8, 4) is 34.0 Å². The number of hydrogen-bond donors (Lipinski definition) is 3. The molecule has 5 aromatic rings. The molecule has 0 spiro atoms. The second-order valence-corrected chi connectivity index (χ2v) is 6.52. The number of fused-ring (bicyclic) bond motifs is 2. The first-order valence-corrected chi connectivity index (χ1v) is 8.70. The Morgan fingerprint density at radius 1 is 0.778 bits per heavy atom. The van der Waals surface area contributed by atoms with Crippen LogP contribution in [-0.2, 0) is 0 Å². The van der Waals surface area contributed by atoms with Crippen molar-refractivity contribution < 1.29 is 10.2 Å². The van der Waals surface area contributed by atoms with Gasteiger partial charge in [0.15, 0.2) is 5.88 Å². The van der Waals surface area contributed by atoms with Crippen LogP contribution >= 0.6 is 0 Å². The van der Waals surface area contributed by atoms with Gasteiger partial charge in [-0.1, -0.05) is 48.5 Å². The molecular formula is C23H16N2O2. The molecule has 27 heavy (non-hydrogen) atoms. The summed E-state index contributed by atoms with van der Waals surface area (Å²) in [5.41, 5.74) is 4.68. The van der Waals surface area contributed by atoms with Gasteiger partial charge < -0.3 is 15.2 Å². The first-order valence-electron chi connectivity index (χ1n) is 8.70. The van der Waals surface area contributed by atoms with Crippen LogP contribution in [0, 0.1) is 0 Å². The maximum Gasteiger partial charge on any atom is 0.199 e. The SMILES string of the molecule is Oc1ccccc1-c1ccc2[nH]c(O)c(-c3ccc4ccccc4n3)c2c1. The fourth-order valence-electron chi connectivity index (χ4n) is 3.53. The molecule has 0 saturated carbocycles. The van der Waals surface area contributed by atoms with Crippen LogP contribution in [0.5, 0.6) is 11.6 Å². The van der Waals surface area contributed by atoms with Crippen LogP contribution in [0.2, 0.25) is 0 Å². The van der Waals surface area contributed by atoms with E-state index in [1.54, 1.807) is 12.1 Å². The van der Waals surface area contributed by atoms with Gasteiger partial charge in [-0.15, -0.1) is 0 Å². The Balaban J connectivity index is 1.75.